The third-order valence-corrected chi connectivity index (χ3v) is 5.53. The van der Waals surface area contributed by atoms with Gasteiger partial charge >= 0.3 is 0 Å². The molecule has 4 rings (SSSR count). The summed E-state index contributed by atoms with van der Waals surface area (Å²) < 4.78 is 1.39. The summed E-state index contributed by atoms with van der Waals surface area (Å²) in [6.07, 6.45) is 0. The first-order valence-electron chi connectivity index (χ1n) is 10.7. The number of pyridine rings is 1. The van der Waals surface area contributed by atoms with Gasteiger partial charge in [-0.3, -0.25) is 19.0 Å². The number of carbonyl (C=O) groups excluding carboxylic acids is 2. The van der Waals surface area contributed by atoms with Crippen molar-refractivity contribution in [3.8, 4) is 0 Å². The van der Waals surface area contributed by atoms with Gasteiger partial charge in [0.05, 0.1) is 11.1 Å². The van der Waals surface area contributed by atoms with E-state index in [4.69, 9.17) is 0 Å². The van der Waals surface area contributed by atoms with Gasteiger partial charge in [0.2, 0.25) is 5.91 Å². The van der Waals surface area contributed by atoms with E-state index < -0.39 is 5.56 Å². The fourth-order valence-electron chi connectivity index (χ4n) is 3.76. The number of fused-ring (bicyclic) bond motifs is 1. The molecule has 1 aromatic heterocycles. The van der Waals surface area contributed by atoms with Crippen LogP contribution in [0.5, 0.6) is 0 Å². The molecule has 0 bridgehead atoms. The number of hydrogen-bond donors (Lipinski definition) is 2. The van der Waals surface area contributed by atoms with E-state index in [9.17, 15) is 14.4 Å². The van der Waals surface area contributed by atoms with E-state index in [1.54, 1.807) is 24.3 Å². The Morgan fingerprint density at radius 3 is 2.39 bits per heavy atom. The quantitative estimate of drug-likeness (QED) is 0.473. The van der Waals surface area contributed by atoms with Crippen molar-refractivity contribution in [3.63, 3.8) is 0 Å². The molecule has 4 aromatic rings. The largest absolute Gasteiger partial charge is 0.348 e. The van der Waals surface area contributed by atoms with Gasteiger partial charge in [-0.1, -0.05) is 60.7 Å². The van der Waals surface area contributed by atoms with Crippen molar-refractivity contribution in [2.45, 2.75) is 26.9 Å². The van der Waals surface area contributed by atoms with Gasteiger partial charge in [-0.2, -0.15) is 0 Å². The lowest BCUT2D eigenvalue weighted by Gasteiger charge is -2.14. The molecule has 6 nitrogen and oxygen atoms in total. The zero-order valence-corrected chi connectivity index (χ0v) is 18.6. The molecule has 0 aliphatic carbocycles. The smallest absolute Gasteiger partial charge is 0.252 e. The molecule has 0 saturated carbocycles. The number of benzene rings is 3. The Morgan fingerprint density at radius 1 is 0.879 bits per heavy atom. The molecule has 3 aromatic carbocycles. The predicted octanol–water partition coefficient (Wildman–Crippen LogP) is 4.19. The number of nitrogens with one attached hydrogen (secondary N) is 2. The van der Waals surface area contributed by atoms with Crippen LogP contribution in [0.1, 0.15) is 27.0 Å². The Hall–Kier alpha value is -4.19. The third kappa shape index (κ3) is 5.01. The summed E-state index contributed by atoms with van der Waals surface area (Å²) in [6, 6.07) is 23.8. The van der Waals surface area contributed by atoms with Crippen molar-refractivity contribution in [1.82, 2.24) is 9.88 Å². The van der Waals surface area contributed by atoms with Gasteiger partial charge in [-0.25, -0.2) is 0 Å². The highest BCUT2D eigenvalue weighted by Gasteiger charge is 2.16. The maximum Gasteiger partial charge on any atom is 0.252 e. The second-order valence-corrected chi connectivity index (χ2v) is 8.03. The van der Waals surface area contributed by atoms with Gasteiger partial charge in [-0.05, 0) is 42.7 Å². The zero-order chi connectivity index (χ0) is 23.4. The van der Waals surface area contributed by atoms with Gasteiger partial charge in [0.15, 0.2) is 0 Å². The van der Waals surface area contributed by atoms with Crippen molar-refractivity contribution in [2.24, 2.45) is 0 Å². The van der Waals surface area contributed by atoms with E-state index in [0.29, 0.717) is 23.1 Å². The normalized spacial score (nSPS) is 10.7. The van der Waals surface area contributed by atoms with E-state index in [2.05, 4.69) is 10.6 Å². The summed E-state index contributed by atoms with van der Waals surface area (Å²) in [6.45, 7) is 4.07. The Balaban J connectivity index is 1.60. The van der Waals surface area contributed by atoms with Crippen LogP contribution in [0.3, 0.4) is 0 Å². The molecule has 33 heavy (non-hydrogen) atoms. The molecule has 0 radical (unpaired) electrons. The maximum absolute atomic E-state index is 12.9. The van der Waals surface area contributed by atoms with E-state index in [1.165, 1.54) is 10.6 Å². The summed E-state index contributed by atoms with van der Waals surface area (Å²) in [5.74, 6) is -0.642. The Bertz CT molecular complexity index is 1390. The van der Waals surface area contributed by atoms with Crippen molar-refractivity contribution < 1.29 is 9.59 Å². The molecule has 0 saturated heterocycles. The Kier molecular flexibility index (Phi) is 6.36. The van der Waals surface area contributed by atoms with Crippen LogP contribution in [0.4, 0.5) is 5.69 Å². The lowest BCUT2D eigenvalue weighted by molar-refractivity contribution is -0.116. The van der Waals surface area contributed by atoms with Crippen molar-refractivity contribution in [3.05, 3.63) is 111 Å². The summed E-state index contributed by atoms with van der Waals surface area (Å²) in [4.78, 5) is 38.6. The number of carbonyl (C=O) groups is 2. The monoisotopic (exact) mass is 439 g/mol. The topological polar surface area (TPSA) is 80.2 Å². The molecule has 0 spiro atoms. The van der Waals surface area contributed by atoms with Crippen LogP contribution in [-0.4, -0.2) is 16.4 Å². The molecular weight excluding hydrogens is 414 g/mol. The molecule has 166 valence electrons. The summed E-state index contributed by atoms with van der Waals surface area (Å²) >= 11 is 0. The van der Waals surface area contributed by atoms with E-state index in [-0.39, 0.29) is 23.9 Å². The highest BCUT2D eigenvalue weighted by Crippen LogP contribution is 2.19. The number of para-hydroxylation sites is 1. The highest BCUT2D eigenvalue weighted by molar-refractivity contribution is 6.06. The number of amides is 2. The average Bonchev–Trinajstić information content (AvgIpc) is 2.82. The van der Waals surface area contributed by atoms with Crippen molar-refractivity contribution in [2.75, 3.05) is 5.32 Å². The molecule has 0 aliphatic rings. The standard InChI is InChI=1S/C27H25N3O3/c1-18-12-13-19(2)23(14-18)29-25(31)17-30-24-11-7-6-10-21(24)22(15-26(30)32)27(33)28-16-20-8-4-3-5-9-20/h3-15H,16-17H2,1-2H3,(H,28,33)(H,29,31). The first kappa shape index (κ1) is 22.0. The second kappa shape index (κ2) is 9.53. The maximum atomic E-state index is 12.9. The number of rotatable bonds is 6. The molecule has 2 N–H and O–H groups in total. The van der Waals surface area contributed by atoms with Crippen LogP contribution >= 0.6 is 0 Å². The molecule has 6 heteroatoms. The van der Waals surface area contributed by atoms with Crippen molar-refractivity contribution >= 4 is 28.4 Å². The van der Waals surface area contributed by atoms with Gasteiger partial charge in [0.1, 0.15) is 6.54 Å². The molecule has 0 fully saturated rings. The Morgan fingerprint density at radius 2 is 1.61 bits per heavy atom. The third-order valence-electron chi connectivity index (χ3n) is 5.53. The van der Waals surface area contributed by atoms with Crippen LogP contribution in [0, 0.1) is 13.8 Å². The molecular formula is C27H25N3O3. The lowest BCUT2D eigenvalue weighted by Crippen LogP contribution is -2.30. The minimum atomic E-state index is -0.408. The predicted molar refractivity (Wildman–Crippen MR) is 130 cm³/mol. The van der Waals surface area contributed by atoms with Gasteiger partial charge in [-0.15, -0.1) is 0 Å². The number of anilines is 1. The average molecular weight is 440 g/mol. The summed E-state index contributed by atoms with van der Waals surface area (Å²) in [7, 11) is 0. The fraction of sp³-hybridized carbons (Fsp3) is 0.148. The van der Waals surface area contributed by atoms with E-state index in [1.807, 2.05) is 62.4 Å². The van der Waals surface area contributed by atoms with E-state index >= 15 is 0 Å². The van der Waals surface area contributed by atoms with Crippen LogP contribution < -0.4 is 16.2 Å². The zero-order valence-electron chi connectivity index (χ0n) is 18.6. The summed E-state index contributed by atoms with van der Waals surface area (Å²) in [5, 5.41) is 6.38. The van der Waals surface area contributed by atoms with Crippen molar-refractivity contribution in [1.29, 1.82) is 0 Å². The molecule has 0 unspecified atom stereocenters. The molecule has 0 atom stereocenters. The molecule has 1 heterocycles. The molecule has 0 aliphatic heterocycles. The minimum Gasteiger partial charge on any atom is -0.348 e. The van der Waals surface area contributed by atoms with Crippen LogP contribution in [0.25, 0.3) is 10.9 Å². The van der Waals surface area contributed by atoms with Gasteiger partial charge in [0.25, 0.3) is 11.5 Å². The lowest BCUT2D eigenvalue weighted by atomic mass is 10.1. The Labute approximate surface area is 191 Å². The minimum absolute atomic E-state index is 0.154. The van der Waals surface area contributed by atoms with Crippen LogP contribution in [0.15, 0.2) is 83.7 Å². The number of hydrogen-bond acceptors (Lipinski definition) is 3. The van der Waals surface area contributed by atoms with Gasteiger partial charge < -0.3 is 10.6 Å². The van der Waals surface area contributed by atoms with Crippen LogP contribution in [-0.2, 0) is 17.9 Å². The fourth-order valence-corrected chi connectivity index (χ4v) is 3.76. The molecule has 2 amide bonds. The summed E-state index contributed by atoms with van der Waals surface area (Å²) in [5.41, 5.74) is 4.07. The SMILES string of the molecule is Cc1ccc(C)c(NC(=O)Cn2c(=O)cc(C(=O)NCc3ccccc3)c3ccccc32)c1. The van der Waals surface area contributed by atoms with Crippen LogP contribution in [0.2, 0.25) is 0 Å². The highest BCUT2D eigenvalue weighted by atomic mass is 16.2. The number of nitrogens with zero attached hydrogens (tertiary/aromatic N) is 1. The second-order valence-electron chi connectivity index (χ2n) is 8.03. The van der Waals surface area contributed by atoms with E-state index in [0.717, 1.165) is 16.7 Å². The van der Waals surface area contributed by atoms with Gasteiger partial charge in [0, 0.05) is 23.7 Å². The first-order valence-corrected chi connectivity index (χ1v) is 10.7. The number of aryl methyl sites for hydroxylation is 2. The first-order chi connectivity index (χ1) is 15.9. The number of aromatic nitrogens is 1.